The molecule has 1 unspecified atom stereocenters. The summed E-state index contributed by atoms with van der Waals surface area (Å²) in [5, 5.41) is 9.80. The van der Waals surface area contributed by atoms with Crippen molar-refractivity contribution in [3.63, 3.8) is 0 Å². The second-order valence-corrected chi connectivity index (χ2v) is 6.51. The van der Waals surface area contributed by atoms with Gasteiger partial charge in [0.05, 0.1) is 24.5 Å². The zero-order chi connectivity index (χ0) is 17.9. The van der Waals surface area contributed by atoms with E-state index in [4.69, 9.17) is 4.74 Å². The highest BCUT2D eigenvalue weighted by molar-refractivity contribution is 6.02. The van der Waals surface area contributed by atoms with E-state index in [0.29, 0.717) is 24.3 Å². The number of hydrogen-bond donors (Lipinski definition) is 2. The number of carbonyl (C=O) groups is 2. The SMILES string of the molecule is O=C(Nc1cccc(N2CCC2=O)c1)Nc1cnn(CC2CCCO2)c1. The van der Waals surface area contributed by atoms with Crippen molar-refractivity contribution >= 4 is 29.0 Å². The third-order valence-electron chi connectivity index (χ3n) is 4.57. The lowest BCUT2D eigenvalue weighted by atomic mass is 10.1. The molecule has 0 bridgehead atoms. The first-order valence-corrected chi connectivity index (χ1v) is 8.80. The van der Waals surface area contributed by atoms with Gasteiger partial charge in [-0.25, -0.2) is 4.79 Å². The molecule has 8 nitrogen and oxygen atoms in total. The third-order valence-corrected chi connectivity index (χ3v) is 4.57. The van der Waals surface area contributed by atoms with Gasteiger partial charge >= 0.3 is 6.03 Å². The van der Waals surface area contributed by atoms with Crippen LogP contribution in [0.15, 0.2) is 36.7 Å². The van der Waals surface area contributed by atoms with Crippen LogP contribution in [0.1, 0.15) is 19.3 Å². The highest BCUT2D eigenvalue weighted by atomic mass is 16.5. The van der Waals surface area contributed by atoms with E-state index >= 15 is 0 Å². The number of anilines is 3. The summed E-state index contributed by atoms with van der Waals surface area (Å²) in [5.41, 5.74) is 2.05. The molecule has 2 fully saturated rings. The van der Waals surface area contributed by atoms with E-state index in [1.54, 1.807) is 34.1 Å². The van der Waals surface area contributed by atoms with Gasteiger partial charge in [0.2, 0.25) is 5.91 Å². The fourth-order valence-corrected chi connectivity index (χ4v) is 3.16. The van der Waals surface area contributed by atoms with Crippen LogP contribution in [0.5, 0.6) is 0 Å². The molecule has 0 saturated carbocycles. The van der Waals surface area contributed by atoms with Crippen LogP contribution < -0.4 is 15.5 Å². The summed E-state index contributed by atoms with van der Waals surface area (Å²) in [7, 11) is 0. The number of rotatable bonds is 5. The number of carbonyl (C=O) groups excluding carboxylic acids is 2. The number of nitrogens with zero attached hydrogens (tertiary/aromatic N) is 3. The highest BCUT2D eigenvalue weighted by Gasteiger charge is 2.25. The van der Waals surface area contributed by atoms with Gasteiger partial charge in [0.15, 0.2) is 0 Å². The maximum Gasteiger partial charge on any atom is 0.323 e. The average Bonchev–Trinajstić information content (AvgIpc) is 3.26. The molecule has 3 amide bonds. The van der Waals surface area contributed by atoms with E-state index in [-0.39, 0.29) is 18.0 Å². The number of amides is 3. The summed E-state index contributed by atoms with van der Waals surface area (Å²) >= 11 is 0. The Morgan fingerprint density at radius 1 is 1.31 bits per heavy atom. The first-order chi connectivity index (χ1) is 12.7. The van der Waals surface area contributed by atoms with Crippen molar-refractivity contribution in [2.45, 2.75) is 31.9 Å². The van der Waals surface area contributed by atoms with Gasteiger partial charge in [-0.2, -0.15) is 5.10 Å². The second kappa shape index (κ2) is 7.17. The van der Waals surface area contributed by atoms with E-state index in [1.165, 1.54) is 0 Å². The highest BCUT2D eigenvalue weighted by Crippen LogP contribution is 2.24. The predicted molar refractivity (Wildman–Crippen MR) is 97.3 cm³/mol. The molecule has 8 heteroatoms. The zero-order valence-electron chi connectivity index (χ0n) is 14.4. The molecule has 2 saturated heterocycles. The van der Waals surface area contributed by atoms with E-state index in [2.05, 4.69) is 15.7 Å². The number of aromatic nitrogens is 2. The topological polar surface area (TPSA) is 88.5 Å². The van der Waals surface area contributed by atoms with Crippen LogP contribution in [0.3, 0.4) is 0 Å². The number of hydrogen-bond acceptors (Lipinski definition) is 4. The zero-order valence-corrected chi connectivity index (χ0v) is 14.4. The Bertz CT molecular complexity index is 813. The van der Waals surface area contributed by atoms with Gasteiger partial charge in [-0.05, 0) is 31.0 Å². The third kappa shape index (κ3) is 3.70. The predicted octanol–water partition coefficient (Wildman–Crippen LogP) is 2.44. The smallest absolute Gasteiger partial charge is 0.323 e. The molecule has 0 spiro atoms. The van der Waals surface area contributed by atoms with Crippen molar-refractivity contribution in [2.75, 3.05) is 28.7 Å². The largest absolute Gasteiger partial charge is 0.376 e. The summed E-state index contributed by atoms with van der Waals surface area (Å²) in [6.45, 7) is 2.22. The van der Waals surface area contributed by atoms with E-state index < -0.39 is 0 Å². The number of urea groups is 1. The van der Waals surface area contributed by atoms with E-state index in [0.717, 1.165) is 31.7 Å². The molecule has 26 heavy (non-hydrogen) atoms. The number of ether oxygens (including phenoxy) is 1. The average molecular weight is 355 g/mol. The Morgan fingerprint density at radius 3 is 2.92 bits per heavy atom. The molecule has 3 heterocycles. The minimum atomic E-state index is -0.353. The minimum absolute atomic E-state index is 0.102. The Balaban J connectivity index is 1.33. The first-order valence-electron chi connectivity index (χ1n) is 8.80. The lowest BCUT2D eigenvalue weighted by molar-refractivity contribution is -0.122. The molecule has 0 radical (unpaired) electrons. The van der Waals surface area contributed by atoms with Crippen molar-refractivity contribution in [2.24, 2.45) is 0 Å². The van der Waals surface area contributed by atoms with Gasteiger partial charge in [-0.3, -0.25) is 9.48 Å². The molecule has 4 rings (SSSR count). The monoisotopic (exact) mass is 355 g/mol. The van der Waals surface area contributed by atoms with Gasteiger partial charge in [0.25, 0.3) is 0 Å². The van der Waals surface area contributed by atoms with Crippen LogP contribution in [0.25, 0.3) is 0 Å². The maximum atomic E-state index is 12.2. The molecule has 2 aliphatic heterocycles. The van der Waals surface area contributed by atoms with Crippen molar-refractivity contribution < 1.29 is 14.3 Å². The van der Waals surface area contributed by atoms with E-state index in [1.807, 2.05) is 12.1 Å². The van der Waals surface area contributed by atoms with Crippen LogP contribution in [-0.4, -0.2) is 41.0 Å². The number of benzene rings is 1. The molecule has 0 aliphatic carbocycles. The standard InChI is InChI=1S/C18H21N5O3/c24-17-6-7-23(17)15-4-1-3-13(9-15)20-18(25)21-14-10-19-22(11-14)12-16-5-2-8-26-16/h1,3-4,9-11,16H,2,5-8,12H2,(H2,20,21,25). The molecule has 2 aromatic rings. The van der Waals surface area contributed by atoms with Gasteiger partial charge in [0, 0.05) is 37.1 Å². The molecule has 1 atom stereocenters. The Hall–Kier alpha value is -2.87. The Labute approximate surface area is 151 Å². The second-order valence-electron chi connectivity index (χ2n) is 6.51. The summed E-state index contributed by atoms with van der Waals surface area (Å²) in [6.07, 6.45) is 6.30. The summed E-state index contributed by atoms with van der Waals surface area (Å²) < 4.78 is 7.37. The molecular formula is C18H21N5O3. The van der Waals surface area contributed by atoms with Crippen LogP contribution in [0, 0.1) is 0 Å². The molecule has 1 aromatic heterocycles. The lowest BCUT2D eigenvalue weighted by Crippen LogP contribution is -2.43. The van der Waals surface area contributed by atoms with Crippen LogP contribution in [-0.2, 0) is 16.1 Å². The normalized spacial score (nSPS) is 19.3. The van der Waals surface area contributed by atoms with Gasteiger partial charge in [0.1, 0.15) is 0 Å². The summed E-state index contributed by atoms with van der Waals surface area (Å²) in [4.78, 5) is 25.4. The lowest BCUT2D eigenvalue weighted by Gasteiger charge is -2.30. The molecule has 2 N–H and O–H groups in total. The minimum Gasteiger partial charge on any atom is -0.376 e. The molecule has 2 aliphatic rings. The van der Waals surface area contributed by atoms with Gasteiger partial charge in [-0.1, -0.05) is 6.07 Å². The van der Waals surface area contributed by atoms with Crippen molar-refractivity contribution in [1.29, 1.82) is 0 Å². The number of nitrogens with one attached hydrogen (secondary N) is 2. The van der Waals surface area contributed by atoms with Crippen LogP contribution >= 0.6 is 0 Å². The Morgan fingerprint density at radius 2 is 2.19 bits per heavy atom. The van der Waals surface area contributed by atoms with Crippen molar-refractivity contribution in [3.8, 4) is 0 Å². The molecular weight excluding hydrogens is 334 g/mol. The summed E-state index contributed by atoms with van der Waals surface area (Å²) in [6, 6.07) is 6.89. The fourth-order valence-electron chi connectivity index (χ4n) is 3.16. The van der Waals surface area contributed by atoms with Gasteiger partial charge < -0.3 is 20.3 Å². The molecule has 1 aromatic carbocycles. The van der Waals surface area contributed by atoms with Gasteiger partial charge in [-0.15, -0.1) is 0 Å². The Kier molecular flexibility index (Phi) is 4.57. The summed E-state index contributed by atoms with van der Waals surface area (Å²) in [5.74, 6) is 0.102. The van der Waals surface area contributed by atoms with Crippen LogP contribution in [0.4, 0.5) is 21.9 Å². The van der Waals surface area contributed by atoms with Crippen molar-refractivity contribution in [3.05, 3.63) is 36.7 Å². The van der Waals surface area contributed by atoms with E-state index in [9.17, 15) is 9.59 Å². The number of β-lactam (4-membered cyclic amide) rings is 1. The van der Waals surface area contributed by atoms with Crippen LogP contribution in [0.2, 0.25) is 0 Å². The molecule has 136 valence electrons. The fraction of sp³-hybridized carbons (Fsp3) is 0.389. The first kappa shape index (κ1) is 16.6. The quantitative estimate of drug-likeness (QED) is 0.807. The maximum absolute atomic E-state index is 12.2. The van der Waals surface area contributed by atoms with Crippen molar-refractivity contribution in [1.82, 2.24) is 9.78 Å².